The number of aromatic nitrogens is 3. The van der Waals surface area contributed by atoms with Crippen LogP contribution in [0.1, 0.15) is 53.5 Å². The van der Waals surface area contributed by atoms with Crippen molar-refractivity contribution >= 4 is 5.91 Å². The number of aryl methyl sites for hydroxylation is 1. The van der Waals surface area contributed by atoms with Crippen molar-refractivity contribution in [3.05, 3.63) is 47.0 Å². The number of hydrogen-bond donors (Lipinski definition) is 1. The molecule has 4 rings (SSSR count). The Kier molecular flexibility index (Phi) is 5.25. The molecule has 1 N–H and O–H groups in total. The zero-order valence-corrected chi connectivity index (χ0v) is 16.3. The lowest BCUT2D eigenvalue weighted by atomic mass is 9.88. The van der Waals surface area contributed by atoms with Crippen LogP contribution in [0.25, 0.3) is 0 Å². The number of hydrogen-bond acceptors (Lipinski definition) is 4. The van der Waals surface area contributed by atoms with Crippen LogP contribution in [0.4, 0.5) is 0 Å². The van der Waals surface area contributed by atoms with Crippen molar-refractivity contribution < 1.29 is 4.79 Å². The summed E-state index contributed by atoms with van der Waals surface area (Å²) in [5.41, 5.74) is 4.03. The minimum atomic E-state index is -0.0726. The number of carbonyl (C=O) groups is 1. The maximum Gasteiger partial charge on any atom is 0.272 e. The molecule has 0 radical (unpaired) electrons. The van der Waals surface area contributed by atoms with Crippen molar-refractivity contribution in [2.45, 2.75) is 51.6 Å². The highest BCUT2D eigenvalue weighted by molar-refractivity contribution is 5.94. The lowest BCUT2D eigenvalue weighted by Crippen LogP contribution is -2.44. The van der Waals surface area contributed by atoms with E-state index in [9.17, 15) is 4.79 Å². The third-order valence-electron chi connectivity index (χ3n) is 6.18. The summed E-state index contributed by atoms with van der Waals surface area (Å²) in [6.07, 6.45) is 9.18. The summed E-state index contributed by atoms with van der Waals surface area (Å²) >= 11 is 0. The van der Waals surface area contributed by atoms with E-state index in [-0.39, 0.29) is 5.91 Å². The topological polar surface area (TPSA) is 63.1 Å². The Labute approximate surface area is 161 Å². The fourth-order valence-corrected chi connectivity index (χ4v) is 4.43. The molecule has 1 saturated heterocycles. The third kappa shape index (κ3) is 3.90. The molecule has 144 valence electrons. The first kappa shape index (κ1) is 18.2. The Bertz CT molecular complexity index is 792. The van der Waals surface area contributed by atoms with Crippen molar-refractivity contribution in [2.75, 3.05) is 13.1 Å². The molecule has 0 saturated carbocycles. The second-order valence-corrected chi connectivity index (χ2v) is 8.05. The van der Waals surface area contributed by atoms with Gasteiger partial charge in [0.25, 0.3) is 5.91 Å². The summed E-state index contributed by atoms with van der Waals surface area (Å²) < 4.78 is 1.91. The van der Waals surface area contributed by atoms with E-state index < -0.39 is 0 Å². The first-order valence-electron chi connectivity index (χ1n) is 10.1. The highest BCUT2D eigenvalue weighted by Crippen LogP contribution is 2.29. The van der Waals surface area contributed by atoms with Crippen LogP contribution in [0.5, 0.6) is 0 Å². The van der Waals surface area contributed by atoms with Crippen LogP contribution < -0.4 is 5.32 Å². The van der Waals surface area contributed by atoms with E-state index in [2.05, 4.69) is 27.2 Å². The summed E-state index contributed by atoms with van der Waals surface area (Å²) in [5.74, 6) is 0.768. The van der Waals surface area contributed by atoms with Crippen molar-refractivity contribution in [1.29, 1.82) is 0 Å². The van der Waals surface area contributed by atoms with Crippen LogP contribution in [0.3, 0.4) is 0 Å². The summed E-state index contributed by atoms with van der Waals surface area (Å²) in [7, 11) is 1.96. The minimum absolute atomic E-state index is 0.0726. The summed E-state index contributed by atoms with van der Waals surface area (Å²) in [4.78, 5) is 19.5. The smallest absolute Gasteiger partial charge is 0.272 e. The van der Waals surface area contributed by atoms with E-state index in [0.717, 1.165) is 29.9 Å². The Hall–Kier alpha value is -2.21. The van der Waals surface area contributed by atoms with Crippen molar-refractivity contribution in [1.82, 2.24) is 25.0 Å². The highest BCUT2D eigenvalue weighted by atomic mass is 16.1. The second kappa shape index (κ2) is 7.80. The SMILES string of the molecule is CC1CCN(C2CCc3c(c(C(=O)NCc4ccncc4)nn3C)C2)CC1. The van der Waals surface area contributed by atoms with Gasteiger partial charge in [0.2, 0.25) is 0 Å². The second-order valence-electron chi connectivity index (χ2n) is 8.05. The Morgan fingerprint density at radius 3 is 2.70 bits per heavy atom. The number of rotatable bonds is 4. The van der Waals surface area contributed by atoms with E-state index in [1.807, 2.05) is 23.9 Å². The molecule has 0 bridgehead atoms. The van der Waals surface area contributed by atoms with Gasteiger partial charge in [0.05, 0.1) is 0 Å². The molecule has 1 aliphatic heterocycles. The maximum atomic E-state index is 12.8. The molecule has 1 fully saturated rings. The van der Waals surface area contributed by atoms with Crippen LogP contribution in [0.15, 0.2) is 24.5 Å². The van der Waals surface area contributed by atoms with Crippen LogP contribution in [-0.2, 0) is 26.4 Å². The molecule has 2 aliphatic rings. The van der Waals surface area contributed by atoms with Gasteiger partial charge in [-0.05, 0) is 68.8 Å². The molecule has 0 aromatic carbocycles. The molecule has 6 nitrogen and oxygen atoms in total. The molecular weight excluding hydrogens is 338 g/mol. The molecule has 2 aromatic rings. The molecule has 27 heavy (non-hydrogen) atoms. The van der Waals surface area contributed by atoms with Crippen molar-refractivity contribution in [2.24, 2.45) is 13.0 Å². The van der Waals surface area contributed by atoms with Gasteiger partial charge in [-0.2, -0.15) is 5.10 Å². The highest BCUT2D eigenvalue weighted by Gasteiger charge is 2.32. The first-order chi connectivity index (χ1) is 13.1. The summed E-state index contributed by atoms with van der Waals surface area (Å²) in [6.45, 7) is 5.22. The molecule has 3 heterocycles. The molecule has 0 spiro atoms. The Morgan fingerprint density at radius 2 is 1.96 bits per heavy atom. The average molecular weight is 367 g/mol. The normalized spacial score (nSPS) is 21.0. The van der Waals surface area contributed by atoms with Gasteiger partial charge in [0.1, 0.15) is 0 Å². The van der Waals surface area contributed by atoms with Crippen LogP contribution in [-0.4, -0.2) is 44.7 Å². The van der Waals surface area contributed by atoms with Crippen molar-refractivity contribution in [3.8, 4) is 0 Å². The first-order valence-corrected chi connectivity index (χ1v) is 10.1. The van der Waals surface area contributed by atoms with Crippen LogP contribution in [0, 0.1) is 5.92 Å². The number of nitrogens with one attached hydrogen (secondary N) is 1. The van der Waals surface area contributed by atoms with Gasteiger partial charge in [-0.3, -0.25) is 14.5 Å². The number of piperidine rings is 1. The van der Waals surface area contributed by atoms with Gasteiger partial charge in [0, 0.05) is 43.3 Å². The fraction of sp³-hybridized carbons (Fsp3) is 0.571. The van der Waals surface area contributed by atoms with Gasteiger partial charge >= 0.3 is 0 Å². The van der Waals surface area contributed by atoms with Crippen LogP contribution in [0.2, 0.25) is 0 Å². The number of likely N-dealkylation sites (tertiary alicyclic amines) is 1. The molecule has 2 aromatic heterocycles. The lowest BCUT2D eigenvalue weighted by molar-refractivity contribution is 0.0942. The quantitative estimate of drug-likeness (QED) is 0.901. The third-order valence-corrected chi connectivity index (χ3v) is 6.18. The van der Waals surface area contributed by atoms with Gasteiger partial charge in [0.15, 0.2) is 5.69 Å². The van der Waals surface area contributed by atoms with E-state index >= 15 is 0 Å². The fourth-order valence-electron chi connectivity index (χ4n) is 4.43. The number of pyridine rings is 1. The van der Waals surface area contributed by atoms with E-state index in [1.54, 1.807) is 12.4 Å². The maximum absolute atomic E-state index is 12.8. The van der Waals surface area contributed by atoms with E-state index in [1.165, 1.54) is 38.0 Å². The number of amides is 1. The molecule has 1 unspecified atom stereocenters. The van der Waals surface area contributed by atoms with Gasteiger partial charge < -0.3 is 10.2 Å². The largest absolute Gasteiger partial charge is 0.347 e. The van der Waals surface area contributed by atoms with Gasteiger partial charge in [-0.15, -0.1) is 0 Å². The molecule has 6 heteroatoms. The standard InChI is InChI=1S/C21H29N5O/c1-15-7-11-26(12-8-15)17-3-4-19-18(13-17)20(24-25(19)2)21(27)23-14-16-5-9-22-10-6-16/h5-6,9-10,15,17H,3-4,7-8,11-14H2,1-2H3,(H,23,27). The minimum Gasteiger partial charge on any atom is -0.347 e. The summed E-state index contributed by atoms with van der Waals surface area (Å²) in [5, 5.41) is 7.59. The van der Waals surface area contributed by atoms with Gasteiger partial charge in [-0.1, -0.05) is 6.92 Å². The lowest BCUT2D eigenvalue weighted by Gasteiger charge is -2.38. The zero-order chi connectivity index (χ0) is 18.8. The number of carbonyl (C=O) groups excluding carboxylic acids is 1. The van der Waals surface area contributed by atoms with E-state index in [0.29, 0.717) is 18.3 Å². The predicted octanol–water partition coefficient (Wildman–Crippen LogP) is 2.33. The average Bonchev–Trinajstić information content (AvgIpc) is 3.04. The van der Waals surface area contributed by atoms with E-state index in [4.69, 9.17) is 0 Å². The molecular formula is C21H29N5O. The van der Waals surface area contributed by atoms with Gasteiger partial charge in [-0.25, -0.2) is 0 Å². The molecule has 1 atom stereocenters. The molecule has 1 amide bonds. The zero-order valence-electron chi connectivity index (χ0n) is 16.3. The van der Waals surface area contributed by atoms with Crippen LogP contribution >= 0.6 is 0 Å². The predicted molar refractivity (Wildman–Crippen MR) is 104 cm³/mol. The molecule has 1 aliphatic carbocycles. The van der Waals surface area contributed by atoms with Crippen molar-refractivity contribution in [3.63, 3.8) is 0 Å². The number of fused-ring (bicyclic) bond motifs is 1. The summed E-state index contributed by atoms with van der Waals surface area (Å²) in [6, 6.07) is 4.38. The monoisotopic (exact) mass is 367 g/mol. The number of nitrogens with zero attached hydrogens (tertiary/aromatic N) is 4. The Morgan fingerprint density at radius 1 is 1.22 bits per heavy atom. The Balaban J connectivity index is 1.47.